The Labute approximate surface area is 162 Å². The average Bonchev–Trinajstić information content (AvgIpc) is 2.66. The van der Waals surface area contributed by atoms with Crippen LogP contribution in [0.2, 0.25) is 0 Å². The minimum absolute atomic E-state index is 0.693. The van der Waals surface area contributed by atoms with E-state index in [0.717, 1.165) is 12.8 Å². The van der Waals surface area contributed by atoms with Crippen LogP contribution in [0, 0.1) is 0 Å². The second-order valence-corrected chi connectivity index (χ2v) is 7.13. The highest BCUT2D eigenvalue weighted by atomic mass is 16.6. The van der Waals surface area contributed by atoms with Gasteiger partial charge in [-0.3, -0.25) is 0 Å². The van der Waals surface area contributed by atoms with Gasteiger partial charge in [0.05, 0.1) is 12.4 Å². The molecule has 26 heavy (non-hydrogen) atoms. The van der Waals surface area contributed by atoms with Crippen molar-refractivity contribution in [1.29, 1.82) is 0 Å². The lowest BCUT2D eigenvalue weighted by molar-refractivity contribution is 0.138. The van der Waals surface area contributed by atoms with E-state index in [-0.39, 0.29) is 0 Å². The maximum atomic E-state index is 5.20. The minimum Gasteiger partial charge on any atom is -0.396 e. The van der Waals surface area contributed by atoms with Crippen molar-refractivity contribution in [3.8, 4) is 0 Å². The summed E-state index contributed by atoms with van der Waals surface area (Å²) in [4.78, 5) is 10.4. The van der Waals surface area contributed by atoms with Gasteiger partial charge in [0.1, 0.15) is 13.2 Å². The predicted molar refractivity (Wildman–Crippen MR) is 114 cm³/mol. The lowest BCUT2D eigenvalue weighted by atomic mass is 10.1. The molecule has 0 aliphatic rings. The standard InChI is InChI=1S/C22H44N2O2/c1-3-5-7-9-11-13-15-17-21-25-23-19-20-24-26-22-18-16-14-12-10-8-6-4-2/h19-20H,3-18,21-22H2,1-2H3/b23-19+,24-20+. The Kier molecular flexibility index (Phi) is 23.0. The first kappa shape index (κ1) is 24.9. The second kappa shape index (κ2) is 23.9. The van der Waals surface area contributed by atoms with Crippen molar-refractivity contribution in [2.24, 2.45) is 10.3 Å². The number of hydrogen-bond donors (Lipinski definition) is 0. The minimum atomic E-state index is 0.693. The van der Waals surface area contributed by atoms with Gasteiger partial charge >= 0.3 is 0 Å². The molecule has 0 spiro atoms. The van der Waals surface area contributed by atoms with Gasteiger partial charge in [0.25, 0.3) is 0 Å². The number of unbranched alkanes of at least 4 members (excludes halogenated alkanes) is 14. The van der Waals surface area contributed by atoms with E-state index in [0.29, 0.717) is 13.2 Å². The molecular weight excluding hydrogens is 324 g/mol. The molecule has 154 valence electrons. The van der Waals surface area contributed by atoms with Crippen LogP contribution in [0.1, 0.15) is 117 Å². The van der Waals surface area contributed by atoms with Gasteiger partial charge in [-0.1, -0.05) is 101 Å². The molecule has 0 saturated carbocycles. The van der Waals surface area contributed by atoms with E-state index in [4.69, 9.17) is 9.68 Å². The van der Waals surface area contributed by atoms with Crippen molar-refractivity contribution in [3.05, 3.63) is 0 Å². The number of rotatable bonds is 21. The highest BCUT2D eigenvalue weighted by Gasteiger charge is 1.92. The first-order valence-electron chi connectivity index (χ1n) is 11.2. The normalized spacial score (nSPS) is 11.6. The van der Waals surface area contributed by atoms with Crippen LogP contribution >= 0.6 is 0 Å². The van der Waals surface area contributed by atoms with Gasteiger partial charge in [0.2, 0.25) is 0 Å². The van der Waals surface area contributed by atoms with Gasteiger partial charge in [-0.05, 0) is 25.7 Å². The second-order valence-electron chi connectivity index (χ2n) is 7.13. The maximum absolute atomic E-state index is 5.20. The Balaban J connectivity index is 3.15. The summed E-state index contributed by atoms with van der Waals surface area (Å²) < 4.78 is 0. The Morgan fingerprint density at radius 1 is 0.462 bits per heavy atom. The van der Waals surface area contributed by atoms with Crippen LogP contribution in [-0.4, -0.2) is 25.6 Å². The summed E-state index contributed by atoms with van der Waals surface area (Å²) in [6, 6.07) is 0. The van der Waals surface area contributed by atoms with E-state index in [1.54, 1.807) is 12.4 Å². The quantitative estimate of drug-likeness (QED) is 0.121. The molecule has 0 amide bonds. The molecule has 0 heterocycles. The van der Waals surface area contributed by atoms with Gasteiger partial charge < -0.3 is 9.68 Å². The first-order valence-corrected chi connectivity index (χ1v) is 11.2. The van der Waals surface area contributed by atoms with E-state index >= 15 is 0 Å². The van der Waals surface area contributed by atoms with Crippen molar-refractivity contribution in [2.45, 2.75) is 117 Å². The monoisotopic (exact) mass is 368 g/mol. The number of hydrogen-bond acceptors (Lipinski definition) is 4. The fraction of sp³-hybridized carbons (Fsp3) is 0.909. The number of oxime groups is 2. The van der Waals surface area contributed by atoms with E-state index in [1.807, 2.05) is 0 Å². The largest absolute Gasteiger partial charge is 0.396 e. The molecule has 4 nitrogen and oxygen atoms in total. The summed E-state index contributed by atoms with van der Waals surface area (Å²) in [5, 5.41) is 7.72. The van der Waals surface area contributed by atoms with Crippen LogP contribution in [0.3, 0.4) is 0 Å². The van der Waals surface area contributed by atoms with E-state index in [2.05, 4.69) is 24.2 Å². The maximum Gasteiger partial charge on any atom is 0.117 e. The lowest BCUT2D eigenvalue weighted by Gasteiger charge is -2.01. The van der Waals surface area contributed by atoms with Gasteiger partial charge in [-0.25, -0.2) is 0 Å². The van der Waals surface area contributed by atoms with Crippen LogP contribution in [0.4, 0.5) is 0 Å². The van der Waals surface area contributed by atoms with Gasteiger partial charge in [0, 0.05) is 0 Å². The zero-order chi connectivity index (χ0) is 19.0. The van der Waals surface area contributed by atoms with Crippen molar-refractivity contribution in [3.63, 3.8) is 0 Å². The molecule has 0 atom stereocenters. The Morgan fingerprint density at radius 3 is 1.12 bits per heavy atom. The molecule has 0 aliphatic heterocycles. The molecule has 0 radical (unpaired) electrons. The molecule has 0 rings (SSSR count). The molecule has 0 aromatic rings. The Morgan fingerprint density at radius 2 is 0.769 bits per heavy atom. The molecule has 0 unspecified atom stereocenters. The van der Waals surface area contributed by atoms with Crippen LogP contribution in [-0.2, 0) is 9.68 Å². The predicted octanol–water partition coefficient (Wildman–Crippen LogP) is 7.27. The highest BCUT2D eigenvalue weighted by Crippen LogP contribution is 2.09. The van der Waals surface area contributed by atoms with Crippen molar-refractivity contribution >= 4 is 12.4 Å². The van der Waals surface area contributed by atoms with Crippen LogP contribution in [0.15, 0.2) is 10.3 Å². The summed E-state index contributed by atoms with van der Waals surface area (Å²) in [6.07, 6.45) is 24.0. The lowest BCUT2D eigenvalue weighted by Crippen LogP contribution is -1.91. The first-order chi connectivity index (χ1) is 12.9. The van der Waals surface area contributed by atoms with Crippen molar-refractivity contribution in [2.75, 3.05) is 13.2 Å². The molecule has 0 aromatic heterocycles. The molecular formula is C22H44N2O2. The zero-order valence-corrected chi connectivity index (χ0v) is 17.6. The van der Waals surface area contributed by atoms with Crippen LogP contribution < -0.4 is 0 Å². The molecule has 0 saturated heterocycles. The summed E-state index contributed by atoms with van der Waals surface area (Å²) in [5.74, 6) is 0. The summed E-state index contributed by atoms with van der Waals surface area (Å²) in [5.41, 5.74) is 0. The van der Waals surface area contributed by atoms with Gasteiger partial charge in [-0.15, -0.1) is 0 Å². The van der Waals surface area contributed by atoms with Gasteiger partial charge in [-0.2, -0.15) is 0 Å². The molecule has 0 bridgehead atoms. The smallest absolute Gasteiger partial charge is 0.117 e. The SMILES string of the molecule is CCCCCCCCCCO/N=C/C=N/OCCCCCCCCCC. The summed E-state index contributed by atoms with van der Waals surface area (Å²) in [7, 11) is 0. The van der Waals surface area contributed by atoms with Crippen molar-refractivity contribution < 1.29 is 9.68 Å². The fourth-order valence-electron chi connectivity index (χ4n) is 2.85. The molecule has 0 N–H and O–H groups in total. The topological polar surface area (TPSA) is 43.2 Å². The third-order valence-electron chi connectivity index (χ3n) is 4.52. The van der Waals surface area contributed by atoms with E-state index in [1.165, 1.54) is 89.9 Å². The summed E-state index contributed by atoms with van der Waals surface area (Å²) >= 11 is 0. The Hall–Kier alpha value is -1.06. The Bertz CT molecular complexity index is 277. The van der Waals surface area contributed by atoms with Crippen LogP contribution in [0.5, 0.6) is 0 Å². The molecule has 0 aromatic carbocycles. The molecule has 0 fully saturated rings. The summed E-state index contributed by atoms with van der Waals surface area (Å²) in [6.45, 7) is 5.90. The van der Waals surface area contributed by atoms with Crippen molar-refractivity contribution in [1.82, 2.24) is 0 Å². The third-order valence-corrected chi connectivity index (χ3v) is 4.52. The fourth-order valence-corrected chi connectivity index (χ4v) is 2.85. The van der Waals surface area contributed by atoms with E-state index in [9.17, 15) is 0 Å². The highest BCUT2D eigenvalue weighted by molar-refractivity contribution is 6.15. The third kappa shape index (κ3) is 22.9. The molecule has 4 heteroatoms. The zero-order valence-electron chi connectivity index (χ0n) is 17.6. The van der Waals surface area contributed by atoms with Crippen LogP contribution in [0.25, 0.3) is 0 Å². The number of nitrogens with zero attached hydrogens (tertiary/aromatic N) is 2. The van der Waals surface area contributed by atoms with E-state index < -0.39 is 0 Å². The average molecular weight is 369 g/mol. The van der Waals surface area contributed by atoms with Gasteiger partial charge in [0.15, 0.2) is 0 Å². The molecule has 0 aliphatic carbocycles.